The third kappa shape index (κ3) is 2.86. The minimum absolute atomic E-state index is 0.0415. The highest BCUT2D eigenvalue weighted by atomic mass is 32.2. The minimum Gasteiger partial charge on any atom is -0.481 e. The number of carboxylic acid groups (broad SMARTS) is 1. The Labute approximate surface area is 167 Å². The van der Waals surface area contributed by atoms with Crippen molar-refractivity contribution in [2.45, 2.75) is 29.0 Å². The normalized spacial score (nSPS) is 22.2. The molecule has 0 bridgehead atoms. The number of rotatable bonds is 6. The van der Waals surface area contributed by atoms with E-state index in [2.05, 4.69) is 4.99 Å². The monoisotopic (exact) mass is 415 g/mol. The van der Waals surface area contributed by atoms with E-state index >= 15 is 0 Å². The number of nitrogens with zero attached hydrogens (tertiary/aromatic N) is 1. The molecule has 6 nitrogen and oxygen atoms in total. The van der Waals surface area contributed by atoms with Crippen LogP contribution in [0, 0.1) is 11.2 Å². The van der Waals surface area contributed by atoms with Gasteiger partial charge in [0.05, 0.1) is 4.90 Å². The SMILES string of the molecule is O=C(O)C1(C2(S(=O)(=O)c3ccc(Oc4ccc(F)cc4)cc3)C=CC=N2)CCC1. The van der Waals surface area contributed by atoms with Crippen molar-refractivity contribution in [3.63, 3.8) is 0 Å². The fourth-order valence-electron chi connectivity index (χ4n) is 3.83. The van der Waals surface area contributed by atoms with Gasteiger partial charge in [-0.05, 0) is 73.5 Å². The second-order valence-corrected chi connectivity index (χ2v) is 9.21. The predicted octanol–water partition coefficient (Wildman–Crippen LogP) is 3.98. The number of carboxylic acids is 1. The van der Waals surface area contributed by atoms with Crippen molar-refractivity contribution in [2.24, 2.45) is 10.4 Å². The van der Waals surface area contributed by atoms with Crippen molar-refractivity contribution in [3.8, 4) is 11.5 Å². The lowest BCUT2D eigenvalue weighted by Gasteiger charge is -2.47. The molecule has 1 unspecified atom stereocenters. The van der Waals surface area contributed by atoms with Gasteiger partial charge < -0.3 is 9.84 Å². The Kier molecular flexibility index (Phi) is 4.53. The van der Waals surface area contributed by atoms with Gasteiger partial charge in [-0.1, -0.05) is 6.42 Å². The number of benzene rings is 2. The van der Waals surface area contributed by atoms with Crippen molar-refractivity contribution >= 4 is 22.0 Å². The summed E-state index contributed by atoms with van der Waals surface area (Å²) in [5.41, 5.74) is -1.47. The summed E-state index contributed by atoms with van der Waals surface area (Å²) in [5.74, 6) is -0.780. The standard InChI is InChI=1S/C21H18FNO5S/c22-15-3-5-16(6-4-15)28-17-7-9-18(10-8-17)29(26,27)21(13-2-14-23-21)20(19(24)25)11-1-12-20/h2-10,13-14H,1,11-12H2,(H,24,25). The average molecular weight is 415 g/mol. The Bertz CT molecular complexity index is 1090. The Morgan fingerprint density at radius 3 is 2.07 bits per heavy atom. The predicted molar refractivity (Wildman–Crippen MR) is 104 cm³/mol. The molecule has 1 saturated carbocycles. The second kappa shape index (κ2) is 6.81. The van der Waals surface area contributed by atoms with E-state index in [4.69, 9.17) is 4.74 Å². The average Bonchev–Trinajstić information content (AvgIpc) is 3.14. The summed E-state index contributed by atoms with van der Waals surface area (Å²) in [5, 5.41) is 9.83. The van der Waals surface area contributed by atoms with Crippen LogP contribution in [0.4, 0.5) is 4.39 Å². The highest BCUT2D eigenvalue weighted by Gasteiger charge is 2.66. The molecule has 2 aliphatic rings. The fourth-order valence-corrected chi connectivity index (χ4v) is 5.95. The van der Waals surface area contributed by atoms with E-state index in [9.17, 15) is 22.7 Å². The molecule has 8 heteroatoms. The molecular formula is C21H18FNO5S. The van der Waals surface area contributed by atoms with Gasteiger partial charge in [-0.2, -0.15) is 0 Å². The van der Waals surface area contributed by atoms with Crippen LogP contribution in [0.25, 0.3) is 0 Å². The minimum atomic E-state index is -4.13. The van der Waals surface area contributed by atoms with Gasteiger partial charge in [0.15, 0.2) is 4.87 Å². The van der Waals surface area contributed by atoms with Gasteiger partial charge in [0.25, 0.3) is 0 Å². The van der Waals surface area contributed by atoms with E-state index in [1.807, 2.05) is 0 Å². The lowest BCUT2D eigenvalue weighted by atomic mass is 9.63. The third-order valence-corrected chi connectivity index (χ3v) is 7.91. The van der Waals surface area contributed by atoms with Crippen LogP contribution in [-0.4, -0.2) is 30.6 Å². The smallest absolute Gasteiger partial charge is 0.313 e. The van der Waals surface area contributed by atoms with Gasteiger partial charge >= 0.3 is 5.97 Å². The number of allylic oxidation sites excluding steroid dienone is 1. The summed E-state index contributed by atoms with van der Waals surface area (Å²) in [6.45, 7) is 0. The number of sulfone groups is 1. The topological polar surface area (TPSA) is 93.0 Å². The number of aliphatic carboxylic acids is 1. The highest BCUT2D eigenvalue weighted by molar-refractivity contribution is 7.93. The Balaban J connectivity index is 1.68. The van der Waals surface area contributed by atoms with Gasteiger partial charge in [0.1, 0.15) is 22.7 Å². The molecule has 1 aliphatic heterocycles. The van der Waals surface area contributed by atoms with Crippen LogP contribution in [0.2, 0.25) is 0 Å². The molecule has 0 aromatic heterocycles. The van der Waals surface area contributed by atoms with Crippen molar-refractivity contribution in [2.75, 3.05) is 0 Å². The quantitative estimate of drug-likeness (QED) is 0.770. The zero-order valence-corrected chi connectivity index (χ0v) is 16.1. The van der Waals surface area contributed by atoms with Crippen LogP contribution < -0.4 is 4.74 Å². The van der Waals surface area contributed by atoms with Gasteiger partial charge in [0, 0.05) is 6.21 Å². The second-order valence-electron chi connectivity index (χ2n) is 7.11. The Morgan fingerprint density at radius 2 is 1.62 bits per heavy atom. The fraction of sp³-hybridized carbons (Fsp3) is 0.238. The molecule has 1 atom stereocenters. The van der Waals surface area contributed by atoms with Crippen molar-refractivity contribution in [3.05, 3.63) is 66.5 Å². The molecule has 29 heavy (non-hydrogen) atoms. The summed E-state index contributed by atoms with van der Waals surface area (Å²) >= 11 is 0. The molecule has 0 amide bonds. The van der Waals surface area contributed by atoms with Gasteiger partial charge in [0.2, 0.25) is 9.84 Å². The molecule has 1 aliphatic carbocycles. The number of ether oxygens (including phenoxy) is 1. The molecule has 0 spiro atoms. The number of carbonyl (C=O) groups is 1. The first kappa shape index (κ1) is 19.3. The zero-order valence-electron chi connectivity index (χ0n) is 15.3. The maximum Gasteiger partial charge on any atom is 0.313 e. The first-order valence-electron chi connectivity index (χ1n) is 9.05. The van der Waals surface area contributed by atoms with E-state index < -0.39 is 31.9 Å². The molecule has 1 N–H and O–H groups in total. The maximum absolute atomic E-state index is 13.5. The highest BCUT2D eigenvalue weighted by Crippen LogP contribution is 2.56. The van der Waals surface area contributed by atoms with Gasteiger partial charge in [-0.15, -0.1) is 0 Å². The molecule has 1 heterocycles. The van der Waals surface area contributed by atoms with E-state index in [1.54, 1.807) is 0 Å². The van der Waals surface area contributed by atoms with Gasteiger partial charge in [-0.3, -0.25) is 9.79 Å². The summed E-state index contributed by atoms with van der Waals surface area (Å²) < 4.78 is 45.6. The van der Waals surface area contributed by atoms with Crippen LogP contribution in [0.3, 0.4) is 0 Å². The molecule has 2 aromatic rings. The van der Waals surface area contributed by atoms with Crippen molar-refractivity contribution in [1.29, 1.82) is 0 Å². The third-order valence-electron chi connectivity index (χ3n) is 5.57. The molecular weight excluding hydrogens is 397 g/mol. The maximum atomic E-state index is 13.5. The Morgan fingerprint density at radius 1 is 1.03 bits per heavy atom. The van der Waals surface area contributed by atoms with Crippen LogP contribution in [-0.2, 0) is 14.6 Å². The van der Waals surface area contributed by atoms with E-state index in [1.165, 1.54) is 66.9 Å². The summed E-state index contributed by atoms with van der Waals surface area (Å²) in [6, 6.07) is 11.1. The number of halogens is 1. The molecule has 4 rings (SSSR count). The largest absolute Gasteiger partial charge is 0.481 e. The summed E-state index contributed by atoms with van der Waals surface area (Å²) in [7, 11) is -4.13. The lowest BCUT2D eigenvalue weighted by Crippen LogP contribution is -2.58. The summed E-state index contributed by atoms with van der Waals surface area (Å²) in [4.78, 5) is 14.3. The van der Waals surface area contributed by atoms with Crippen molar-refractivity contribution < 1.29 is 27.4 Å². The zero-order chi connectivity index (χ0) is 20.7. The first-order valence-corrected chi connectivity index (χ1v) is 10.5. The molecule has 2 aromatic carbocycles. The van der Waals surface area contributed by atoms with Crippen LogP contribution >= 0.6 is 0 Å². The van der Waals surface area contributed by atoms with Crippen LogP contribution in [0.5, 0.6) is 11.5 Å². The van der Waals surface area contributed by atoms with E-state index in [0.717, 1.165) is 0 Å². The van der Waals surface area contributed by atoms with Crippen LogP contribution in [0.15, 0.2) is 70.6 Å². The number of hydrogen-bond acceptors (Lipinski definition) is 5. The molecule has 0 saturated heterocycles. The number of hydrogen-bond donors (Lipinski definition) is 1. The molecule has 1 fully saturated rings. The van der Waals surface area contributed by atoms with Crippen molar-refractivity contribution in [1.82, 2.24) is 0 Å². The van der Waals surface area contributed by atoms with E-state index in [-0.39, 0.29) is 17.7 Å². The lowest BCUT2D eigenvalue weighted by molar-refractivity contribution is -0.156. The molecule has 150 valence electrons. The first-order chi connectivity index (χ1) is 13.8. The van der Waals surface area contributed by atoms with E-state index in [0.29, 0.717) is 17.9 Å². The molecule has 0 radical (unpaired) electrons. The number of aliphatic imine (C=N–C) groups is 1. The van der Waals surface area contributed by atoms with Crippen LogP contribution in [0.1, 0.15) is 19.3 Å². The summed E-state index contributed by atoms with van der Waals surface area (Å²) in [6.07, 6.45) is 5.32. The van der Waals surface area contributed by atoms with Gasteiger partial charge in [-0.25, -0.2) is 12.8 Å². The Hall–Kier alpha value is -3.00.